The van der Waals surface area contributed by atoms with Gasteiger partial charge < -0.3 is 10.0 Å². The molecule has 0 aliphatic heterocycles. The Hall–Kier alpha value is -1.65. The van der Waals surface area contributed by atoms with Crippen LogP contribution in [0.2, 0.25) is 0 Å². The largest absolute Gasteiger partial charge is 0.396 e. The van der Waals surface area contributed by atoms with Crippen molar-refractivity contribution in [2.24, 2.45) is 0 Å². The summed E-state index contributed by atoms with van der Waals surface area (Å²) in [5.74, 6) is 0.0258. The lowest BCUT2D eigenvalue weighted by molar-refractivity contribution is 0.0679. The van der Waals surface area contributed by atoms with Gasteiger partial charge in [-0.15, -0.1) is 11.3 Å². The number of amides is 1. The SMILES string of the molecule is CCN(C(=O)c1ccc(-c2sccc2C)cc1)[C@H](C)CCO. The van der Waals surface area contributed by atoms with Crippen LogP contribution in [-0.4, -0.2) is 35.1 Å². The summed E-state index contributed by atoms with van der Waals surface area (Å²) in [6.45, 7) is 6.78. The van der Waals surface area contributed by atoms with Gasteiger partial charge in [-0.3, -0.25) is 4.79 Å². The fraction of sp³-hybridized carbons (Fsp3) is 0.389. The number of aliphatic hydroxyl groups is 1. The molecule has 0 saturated heterocycles. The first-order valence-corrected chi connectivity index (χ1v) is 8.52. The summed E-state index contributed by atoms with van der Waals surface area (Å²) in [6, 6.07) is 9.96. The summed E-state index contributed by atoms with van der Waals surface area (Å²) in [5, 5.41) is 11.1. The van der Waals surface area contributed by atoms with Crippen LogP contribution in [0.15, 0.2) is 35.7 Å². The Morgan fingerprint density at radius 2 is 1.95 bits per heavy atom. The van der Waals surface area contributed by atoms with E-state index in [9.17, 15) is 4.79 Å². The van der Waals surface area contributed by atoms with E-state index in [1.807, 2.05) is 43.0 Å². The number of rotatable bonds is 6. The molecule has 4 heteroatoms. The van der Waals surface area contributed by atoms with Gasteiger partial charge in [0, 0.05) is 29.6 Å². The Bertz CT molecular complexity index is 618. The van der Waals surface area contributed by atoms with Crippen molar-refractivity contribution in [1.82, 2.24) is 4.90 Å². The average molecular weight is 317 g/mol. The van der Waals surface area contributed by atoms with Crippen LogP contribution in [0.1, 0.15) is 36.2 Å². The van der Waals surface area contributed by atoms with Gasteiger partial charge in [0.05, 0.1) is 0 Å². The lowest BCUT2D eigenvalue weighted by Gasteiger charge is -2.27. The predicted molar refractivity (Wildman–Crippen MR) is 92.4 cm³/mol. The van der Waals surface area contributed by atoms with Crippen molar-refractivity contribution in [3.8, 4) is 10.4 Å². The average Bonchev–Trinajstić information content (AvgIpc) is 2.94. The van der Waals surface area contributed by atoms with E-state index in [-0.39, 0.29) is 18.6 Å². The second kappa shape index (κ2) is 7.56. The van der Waals surface area contributed by atoms with Crippen LogP contribution in [0, 0.1) is 6.92 Å². The van der Waals surface area contributed by atoms with E-state index in [2.05, 4.69) is 18.4 Å². The zero-order valence-electron chi connectivity index (χ0n) is 13.4. The summed E-state index contributed by atoms with van der Waals surface area (Å²) in [7, 11) is 0. The second-order valence-electron chi connectivity index (χ2n) is 5.46. The first-order valence-electron chi connectivity index (χ1n) is 7.64. The minimum Gasteiger partial charge on any atom is -0.396 e. The third kappa shape index (κ3) is 3.57. The van der Waals surface area contributed by atoms with Gasteiger partial charge in [0.25, 0.3) is 5.91 Å². The van der Waals surface area contributed by atoms with Crippen molar-refractivity contribution in [2.75, 3.05) is 13.2 Å². The number of hydrogen-bond donors (Lipinski definition) is 1. The smallest absolute Gasteiger partial charge is 0.254 e. The fourth-order valence-corrected chi connectivity index (χ4v) is 3.53. The minimum absolute atomic E-state index is 0.0258. The molecule has 118 valence electrons. The third-order valence-electron chi connectivity index (χ3n) is 3.94. The number of thiophene rings is 1. The van der Waals surface area contributed by atoms with E-state index in [0.29, 0.717) is 18.5 Å². The van der Waals surface area contributed by atoms with E-state index in [4.69, 9.17) is 5.11 Å². The van der Waals surface area contributed by atoms with Crippen LogP contribution in [-0.2, 0) is 0 Å². The molecule has 1 atom stereocenters. The molecule has 0 fully saturated rings. The van der Waals surface area contributed by atoms with Crippen molar-refractivity contribution in [1.29, 1.82) is 0 Å². The van der Waals surface area contributed by atoms with Gasteiger partial charge >= 0.3 is 0 Å². The van der Waals surface area contributed by atoms with Gasteiger partial charge in [-0.1, -0.05) is 12.1 Å². The summed E-state index contributed by atoms with van der Waals surface area (Å²) in [5.41, 5.74) is 3.11. The maximum Gasteiger partial charge on any atom is 0.254 e. The Kier molecular flexibility index (Phi) is 5.75. The molecule has 0 spiro atoms. The number of carbonyl (C=O) groups excluding carboxylic acids is 1. The molecule has 3 nitrogen and oxygen atoms in total. The summed E-state index contributed by atoms with van der Waals surface area (Å²) < 4.78 is 0. The molecule has 2 aromatic rings. The number of aryl methyl sites for hydroxylation is 1. The molecule has 1 N–H and O–H groups in total. The van der Waals surface area contributed by atoms with Gasteiger partial charge in [0.2, 0.25) is 0 Å². The molecule has 1 aromatic carbocycles. The standard InChI is InChI=1S/C18H23NO2S/c1-4-19(14(3)9-11-20)18(21)16-7-5-15(6-8-16)17-13(2)10-12-22-17/h5-8,10,12,14,20H,4,9,11H2,1-3H3/t14-/m1/s1. The maximum absolute atomic E-state index is 12.6. The van der Waals surface area contributed by atoms with Crippen molar-refractivity contribution in [2.45, 2.75) is 33.2 Å². The Labute approximate surface area is 136 Å². The van der Waals surface area contributed by atoms with Gasteiger partial charge in [-0.25, -0.2) is 0 Å². The monoisotopic (exact) mass is 317 g/mol. The molecule has 1 aromatic heterocycles. The Morgan fingerprint density at radius 3 is 2.45 bits per heavy atom. The Balaban J connectivity index is 2.19. The van der Waals surface area contributed by atoms with Crippen LogP contribution < -0.4 is 0 Å². The molecule has 0 saturated carbocycles. The molecule has 0 bridgehead atoms. The van der Waals surface area contributed by atoms with Crippen molar-refractivity contribution < 1.29 is 9.90 Å². The normalized spacial score (nSPS) is 12.2. The quantitative estimate of drug-likeness (QED) is 0.876. The fourth-order valence-electron chi connectivity index (χ4n) is 2.60. The number of aliphatic hydroxyl groups excluding tert-OH is 1. The van der Waals surface area contributed by atoms with E-state index in [1.54, 1.807) is 11.3 Å². The number of hydrogen-bond acceptors (Lipinski definition) is 3. The molecule has 2 rings (SSSR count). The molecule has 0 aliphatic carbocycles. The highest BCUT2D eigenvalue weighted by atomic mass is 32.1. The van der Waals surface area contributed by atoms with Crippen LogP contribution in [0.3, 0.4) is 0 Å². The highest BCUT2D eigenvalue weighted by molar-refractivity contribution is 7.13. The van der Waals surface area contributed by atoms with Crippen LogP contribution in [0.4, 0.5) is 0 Å². The molecule has 0 unspecified atom stereocenters. The van der Waals surface area contributed by atoms with Crippen LogP contribution >= 0.6 is 11.3 Å². The first kappa shape index (κ1) is 16.7. The second-order valence-corrected chi connectivity index (χ2v) is 6.38. The zero-order valence-corrected chi connectivity index (χ0v) is 14.2. The highest BCUT2D eigenvalue weighted by Crippen LogP contribution is 2.29. The molecular weight excluding hydrogens is 294 g/mol. The topological polar surface area (TPSA) is 40.5 Å². The predicted octanol–water partition coefficient (Wildman–Crippen LogP) is 3.96. The molecule has 22 heavy (non-hydrogen) atoms. The zero-order chi connectivity index (χ0) is 16.1. The van der Waals surface area contributed by atoms with E-state index in [0.717, 1.165) is 5.56 Å². The molecule has 1 heterocycles. The molecule has 0 radical (unpaired) electrons. The lowest BCUT2D eigenvalue weighted by Crippen LogP contribution is -2.38. The minimum atomic E-state index is 0.0258. The van der Waals surface area contributed by atoms with Crippen LogP contribution in [0.25, 0.3) is 10.4 Å². The van der Waals surface area contributed by atoms with E-state index >= 15 is 0 Å². The first-order chi connectivity index (χ1) is 10.6. The van der Waals surface area contributed by atoms with E-state index < -0.39 is 0 Å². The van der Waals surface area contributed by atoms with E-state index in [1.165, 1.54) is 10.4 Å². The Morgan fingerprint density at radius 1 is 1.27 bits per heavy atom. The van der Waals surface area contributed by atoms with Gasteiger partial charge in [0.15, 0.2) is 0 Å². The lowest BCUT2D eigenvalue weighted by atomic mass is 10.1. The van der Waals surface area contributed by atoms with Gasteiger partial charge in [0.1, 0.15) is 0 Å². The molecular formula is C18H23NO2S. The number of carbonyl (C=O) groups is 1. The summed E-state index contributed by atoms with van der Waals surface area (Å²) in [4.78, 5) is 15.7. The summed E-state index contributed by atoms with van der Waals surface area (Å²) in [6.07, 6.45) is 0.603. The van der Waals surface area contributed by atoms with Crippen molar-refractivity contribution >= 4 is 17.2 Å². The van der Waals surface area contributed by atoms with Gasteiger partial charge in [-0.05, 0) is 61.9 Å². The van der Waals surface area contributed by atoms with Crippen molar-refractivity contribution in [3.05, 3.63) is 46.8 Å². The molecule has 0 aliphatic rings. The summed E-state index contributed by atoms with van der Waals surface area (Å²) >= 11 is 1.72. The highest BCUT2D eigenvalue weighted by Gasteiger charge is 2.19. The molecule has 1 amide bonds. The van der Waals surface area contributed by atoms with Crippen LogP contribution in [0.5, 0.6) is 0 Å². The third-order valence-corrected chi connectivity index (χ3v) is 5.00. The maximum atomic E-state index is 12.6. The number of benzene rings is 1. The van der Waals surface area contributed by atoms with Gasteiger partial charge in [-0.2, -0.15) is 0 Å². The van der Waals surface area contributed by atoms with Crippen molar-refractivity contribution in [3.63, 3.8) is 0 Å². The number of nitrogens with zero attached hydrogens (tertiary/aromatic N) is 1.